The Bertz CT molecular complexity index is 624. The van der Waals surface area contributed by atoms with Gasteiger partial charge in [0.25, 0.3) is 5.69 Å². The third-order valence-electron chi connectivity index (χ3n) is 2.69. The van der Waals surface area contributed by atoms with E-state index >= 15 is 0 Å². The van der Waals surface area contributed by atoms with Crippen LogP contribution < -0.4 is 11.1 Å². The van der Waals surface area contributed by atoms with E-state index in [9.17, 15) is 14.9 Å². The van der Waals surface area contributed by atoms with E-state index in [0.29, 0.717) is 13.1 Å². The zero-order valence-electron chi connectivity index (χ0n) is 10.5. The van der Waals surface area contributed by atoms with Crippen molar-refractivity contribution in [1.82, 2.24) is 9.78 Å². The predicted octanol–water partition coefficient (Wildman–Crippen LogP) is 1.00. The van der Waals surface area contributed by atoms with Crippen LogP contribution in [0.1, 0.15) is 10.4 Å². The fraction of sp³-hybridized carbons (Fsp3) is 0.167. The minimum absolute atomic E-state index is 0.101. The smallest absolute Gasteiger partial charge is 0.292 e. The number of nitrogens with one attached hydrogen (secondary N) is 1. The highest BCUT2D eigenvalue weighted by Crippen LogP contribution is 2.25. The molecule has 0 atom stereocenters. The summed E-state index contributed by atoms with van der Waals surface area (Å²) < 4.78 is 1.69. The summed E-state index contributed by atoms with van der Waals surface area (Å²) in [5.74, 6) is -0.630. The van der Waals surface area contributed by atoms with Crippen molar-refractivity contribution in [3.05, 3.63) is 52.3 Å². The summed E-state index contributed by atoms with van der Waals surface area (Å²) in [6, 6.07) is 5.76. The predicted molar refractivity (Wildman–Crippen MR) is 72.3 cm³/mol. The number of nitro groups is 1. The number of nitro benzene ring substituents is 1. The molecule has 0 aliphatic heterocycles. The molecule has 0 fully saturated rings. The van der Waals surface area contributed by atoms with E-state index in [-0.39, 0.29) is 16.9 Å². The van der Waals surface area contributed by atoms with Crippen molar-refractivity contribution in [3.63, 3.8) is 0 Å². The number of nitrogens with two attached hydrogens (primary N) is 1. The molecule has 1 aromatic heterocycles. The Morgan fingerprint density at radius 3 is 2.90 bits per heavy atom. The van der Waals surface area contributed by atoms with Gasteiger partial charge in [0.1, 0.15) is 5.69 Å². The largest absolute Gasteiger partial charge is 0.378 e. The van der Waals surface area contributed by atoms with Gasteiger partial charge in [-0.25, -0.2) is 0 Å². The van der Waals surface area contributed by atoms with Gasteiger partial charge < -0.3 is 11.1 Å². The van der Waals surface area contributed by atoms with Gasteiger partial charge in [-0.05, 0) is 18.2 Å². The van der Waals surface area contributed by atoms with E-state index in [1.54, 1.807) is 23.1 Å². The molecule has 0 aliphatic rings. The number of carbonyl (C=O) groups excluding carboxylic acids is 1. The molecule has 0 saturated carbocycles. The Morgan fingerprint density at radius 1 is 1.50 bits per heavy atom. The molecule has 1 aromatic carbocycles. The second kappa shape index (κ2) is 5.83. The average molecular weight is 275 g/mol. The number of carbonyl (C=O) groups is 1. The number of rotatable bonds is 6. The Kier molecular flexibility index (Phi) is 3.94. The Hall–Kier alpha value is -2.90. The van der Waals surface area contributed by atoms with Crippen molar-refractivity contribution in [2.24, 2.45) is 5.73 Å². The molecule has 1 heterocycles. The number of hydrogen-bond donors (Lipinski definition) is 2. The maximum Gasteiger partial charge on any atom is 0.292 e. The number of primary amides is 1. The van der Waals surface area contributed by atoms with E-state index in [1.807, 2.05) is 0 Å². The third-order valence-corrected chi connectivity index (χ3v) is 2.69. The van der Waals surface area contributed by atoms with Gasteiger partial charge in [0.15, 0.2) is 0 Å². The van der Waals surface area contributed by atoms with Gasteiger partial charge in [-0.2, -0.15) is 5.10 Å². The molecule has 8 nitrogen and oxygen atoms in total. The molecule has 8 heteroatoms. The summed E-state index contributed by atoms with van der Waals surface area (Å²) in [4.78, 5) is 21.5. The molecule has 0 unspecified atom stereocenters. The second-order valence-corrected chi connectivity index (χ2v) is 4.05. The summed E-state index contributed by atoms with van der Waals surface area (Å²) in [5, 5.41) is 17.9. The molecule has 20 heavy (non-hydrogen) atoms. The van der Waals surface area contributed by atoms with E-state index in [1.165, 1.54) is 18.2 Å². The van der Waals surface area contributed by atoms with Gasteiger partial charge in [0, 0.05) is 30.6 Å². The first-order chi connectivity index (χ1) is 9.58. The second-order valence-electron chi connectivity index (χ2n) is 4.05. The minimum Gasteiger partial charge on any atom is -0.378 e. The highest BCUT2D eigenvalue weighted by molar-refractivity contribution is 5.94. The SMILES string of the molecule is NC(=O)c1ccc([N+](=O)[O-])c(NCCn2cccn2)c1. The summed E-state index contributed by atoms with van der Waals surface area (Å²) in [5.41, 5.74) is 5.54. The first-order valence-electron chi connectivity index (χ1n) is 5.87. The summed E-state index contributed by atoms with van der Waals surface area (Å²) >= 11 is 0. The normalized spacial score (nSPS) is 10.2. The average Bonchev–Trinajstić information content (AvgIpc) is 2.91. The van der Waals surface area contributed by atoms with Crippen LogP contribution in [0, 0.1) is 10.1 Å². The molecular formula is C12H13N5O3. The number of benzene rings is 1. The topological polar surface area (TPSA) is 116 Å². The Morgan fingerprint density at radius 2 is 2.30 bits per heavy atom. The zero-order chi connectivity index (χ0) is 14.5. The van der Waals surface area contributed by atoms with Crippen LogP contribution in [-0.2, 0) is 6.54 Å². The minimum atomic E-state index is -0.630. The molecule has 0 bridgehead atoms. The molecule has 0 spiro atoms. The van der Waals surface area contributed by atoms with E-state index < -0.39 is 10.8 Å². The zero-order valence-corrected chi connectivity index (χ0v) is 10.5. The molecule has 2 rings (SSSR count). The van der Waals surface area contributed by atoms with Crippen LogP contribution in [0.15, 0.2) is 36.7 Å². The lowest BCUT2D eigenvalue weighted by molar-refractivity contribution is -0.384. The van der Waals surface area contributed by atoms with Crippen LogP contribution >= 0.6 is 0 Å². The van der Waals surface area contributed by atoms with Crippen LogP contribution in [0.3, 0.4) is 0 Å². The standard InChI is InChI=1S/C12H13N5O3/c13-12(18)9-2-3-11(17(19)20)10(8-9)14-5-7-16-6-1-4-15-16/h1-4,6,8,14H,5,7H2,(H2,13,18). The highest BCUT2D eigenvalue weighted by Gasteiger charge is 2.15. The molecular weight excluding hydrogens is 262 g/mol. The fourth-order valence-corrected chi connectivity index (χ4v) is 1.73. The molecule has 0 aliphatic carbocycles. The van der Waals surface area contributed by atoms with Gasteiger partial charge in [-0.15, -0.1) is 0 Å². The van der Waals surface area contributed by atoms with Gasteiger partial charge >= 0.3 is 0 Å². The number of aromatic nitrogens is 2. The van der Waals surface area contributed by atoms with Crippen molar-refractivity contribution in [3.8, 4) is 0 Å². The lowest BCUT2D eigenvalue weighted by Gasteiger charge is -2.08. The van der Waals surface area contributed by atoms with E-state index in [2.05, 4.69) is 10.4 Å². The first kappa shape index (κ1) is 13.5. The lowest BCUT2D eigenvalue weighted by atomic mass is 10.1. The molecule has 0 saturated heterocycles. The lowest BCUT2D eigenvalue weighted by Crippen LogP contribution is -2.14. The van der Waals surface area contributed by atoms with Crippen molar-refractivity contribution in [2.75, 3.05) is 11.9 Å². The number of nitrogens with zero attached hydrogens (tertiary/aromatic N) is 3. The monoisotopic (exact) mass is 275 g/mol. The van der Waals surface area contributed by atoms with E-state index in [4.69, 9.17) is 5.73 Å². The summed E-state index contributed by atoms with van der Waals surface area (Å²) in [6.07, 6.45) is 3.44. The quantitative estimate of drug-likeness (QED) is 0.602. The number of anilines is 1. The first-order valence-corrected chi connectivity index (χ1v) is 5.87. The van der Waals surface area contributed by atoms with Crippen LogP contribution in [-0.4, -0.2) is 27.2 Å². The van der Waals surface area contributed by atoms with Gasteiger partial charge in [0.05, 0.1) is 11.5 Å². The van der Waals surface area contributed by atoms with Crippen molar-refractivity contribution in [2.45, 2.75) is 6.54 Å². The summed E-state index contributed by atoms with van der Waals surface area (Å²) in [7, 11) is 0. The van der Waals surface area contributed by atoms with Crippen molar-refractivity contribution >= 4 is 17.3 Å². The summed E-state index contributed by atoms with van der Waals surface area (Å²) in [6.45, 7) is 0.982. The third kappa shape index (κ3) is 3.10. The van der Waals surface area contributed by atoms with Crippen LogP contribution in [0.4, 0.5) is 11.4 Å². The van der Waals surface area contributed by atoms with Gasteiger partial charge in [0.2, 0.25) is 5.91 Å². The number of hydrogen-bond acceptors (Lipinski definition) is 5. The Balaban J connectivity index is 2.13. The molecule has 1 amide bonds. The van der Waals surface area contributed by atoms with Crippen LogP contribution in [0.2, 0.25) is 0 Å². The molecule has 3 N–H and O–H groups in total. The molecule has 2 aromatic rings. The highest BCUT2D eigenvalue weighted by atomic mass is 16.6. The fourth-order valence-electron chi connectivity index (χ4n) is 1.73. The maximum atomic E-state index is 11.1. The number of amides is 1. The van der Waals surface area contributed by atoms with Crippen LogP contribution in [0.25, 0.3) is 0 Å². The van der Waals surface area contributed by atoms with Gasteiger partial charge in [-0.3, -0.25) is 19.6 Å². The van der Waals surface area contributed by atoms with E-state index in [0.717, 1.165) is 0 Å². The van der Waals surface area contributed by atoms with Gasteiger partial charge in [-0.1, -0.05) is 0 Å². The van der Waals surface area contributed by atoms with Crippen LogP contribution in [0.5, 0.6) is 0 Å². The molecule has 0 radical (unpaired) electrons. The van der Waals surface area contributed by atoms with Crippen molar-refractivity contribution < 1.29 is 9.72 Å². The maximum absolute atomic E-state index is 11.1. The van der Waals surface area contributed by atoms with Crippen molar-refractivity contribution in [1.29, 1.82) is 0 Å². The molecule has 104 valence electrons. The Labute approximate surface area is 114 Å².